The van der Waals surface area contributed by atoms with Crippen LogP contribution in [-0.2, 0) is 16.1 Å². The molecule has 0 aromatic heterocycles. The molecule has 2 unspecified atom stereocenters. The fraction of sp³-hybridized carbons (Fsp3) is 0.467. The van der Waals surface area contributed by atoms with Crippen LogP contribution in [0.5, 0.6) is 0 Å². The van der Waals surface area contributed by atoms with Gasteiger partial charge in [0, 0.05) is 12.1 Å². The maximum absolute atomic E-state index is 13.7. The third-order valence-electron chi connectivity index (χ3n) is 4.03. The minimum Gasteiger partial charge on any atom is -0.340 e. The summed E-state index contributed by atoms with van der Waals surface area (Å²) in [6.07, 6.45) is 0.423. The third-order valence-corrected chi connectivity index (χ3v) is 4.03. The molecule has 0 radical (unpaired) electrons. The Morgan fingerprint density at radius 2 is 2.00 bits per heavy atom. The van der Waals surface area contributed by atoms with Gasteiger partial charge in [-0.3, -0.25) is 9.59 Å². The second-order valence-electron chi connectivity index (χ2n) is 5.52. The lowest BCUT2D eigenvalue weighted by molar-refractivity contribution is -0.154. The largest absolute Gasteiger partial charge is 0.340 e. The molecule has 114 valence electrons. The third kappa shape index (κ3) is 2.75. The van der Waals surface area contributed by atoms with Gasteiger partial charge in [-0.2, -0.15) is 0 Å². The fourth-order valence-corrected chi connectivity index (χ4v) is 2.36. The van der Waals surface area contributed by atoms with E-state index in [2.05, 4.69) is 5.32 Å². The number of carbonyl (C=O) groups is 2. The lowest BCUT2D eigenvalue weighted by Crippen LogP contribution is -2.68. The molecule has 1 fully saturated rings. The van der Waals surface area contributed by atoms with E-state index in [0.717, 1.165) is 18.2 Å². The number of nitrogens with zero attached hydrogens (tertiary/aromatic N) is 1. The van der Waals surface area contributed by atoms with E-state index in [9.17, 15) is 18.4 Å². The zero-order valence-corrected chi connectivity index (χ0v) is 12.2. The van der Waals surface area contributed by atoms with Gasteiger partial charge in [-0.25, -0.2) is 8.78 Å². The average Bonchev–Trinajstić information content (AvgIpc) is 2.45. The van der Waals surface area contributed by atoms with Crippen molar-refractivity contribution >= 4 is 11.8 Å². The quantitative estimate of drug-likeness (QED) is 0.927. The number of carbonyl (C=O) groups excluding carboxylic acids is 2. The van der Waals surface area contributed by atoms with E-state index in [0.29, 0.717) is 6.42 Å². The number of benzene rings is 1. The summed E-state index contributed by atoms with van der Waals surface area (Å²) in [5.74, 6) is -1.76. The van der Waals surface area contributed by atoms with Gasteiger partial charge >= 0.3 is 0 Å². The molecule has 1 aliphatic heterocycles. The SMILES string of the molecule is CCC1(C)NC(=O)C(C)N(Cc2cc(F)ccc2F)C1=O. The standard InChI is InChI=1S/C15H18F2N2O2/c1-4-15(3)14(21)19(9(2)13(20)18-15)8-10-7-11(16)5-6-12(10)17/h5-7,9H,4,8H2,1-3H3,(H,18,20). The van der Waals surface area contributed by atoms with Crippen LogP contribution in [0.1, 0.15) is 32.8 Å². The van der Waals surface area contributed by atoms with Crippen LogP contribution in [0.3, 0.4) is 0 Å². The van der Waals surface area contributed by atoms with Gasteiger partial charge in [0.1, 0.15) is 23.2 Å². The van der Waals surface area contributed by atoms with Crippen LogP contribution in [-0.4, -0.2) is 28.3 Å². The maximum Gasteiger partial charge on any atom is 0.249 e. The highest BCUT2D eigenvalue weighted by Crippen LogP contribution is 2.24. The smallest absolute Gasteiger partial charge is 0.249 e. The second-order valence-corrected chi connectivity index (χ2v) is 5.52. The predicted octanol–water partition coefficient (Wildman–Crippen LogP) is 1.98. The number of piperazine rings is 1. The normalized spacial score (nSPS) is 26.0. The molecular formula is C15H18F2N2O2. The molecule has 6 heteroatoms. The molecule has 1 aromatic carbocycles. The van der Waals surface area contributed by atoms with Gasteiger partial charge in [-0.1, -0.05) is 6.92 Å². The lowest BCUT2D eigenvalue weighted by atomic mass is 9.92. The predicted molar refractivity (Wildman–Crippen MR) is 73.2 cm³/mol. The molecular weight excluding hydrogens is 278 g/mol. The van der Waals surface area contributed by atoms with Gasteiger partial charge in [-0.15, -0.1) is 0 Å². The number of rotatable bonds is 3. The van der Waals surface area contributed by atoms with Crippen molar-refractivity contribution in [1.29, 1.82) is 0 Å². The van der Waals surface area contributed by atoms with Crippen LogP contribution in [0, 0.1) is 11.6 Å². The monoisotopic (exact) mass is 296 g/mol. The molecule has 2 rings (SSSR count). The Labute approximate surface area is 122 Å². The van der Waals surface area contributed by atoms with Crippen molar-refractivity contribution in [3.05, 3.63) is 35.4 Å². The van der Waals surface area contributed by atoms with Crippen LogP contribution in [0.15, 0.2) is 18.2 Å². The number of hydrogen-bond donors (Lipinski definition) is 1. The van der Waals surface area contributed by atoms with Crippen LogP contribution in [0.4, 0.5) is 8.78 Å². The topological polar surface area (TPSA) is 49.4 Å². The fourth-order valence-electron chi connectivity index (χ4n) is 2.36. The van der Waals surface area contributed by atoms with Gasteiger partial charge in [0.25, 0.3) is 0 Å². The molecule has 0 aliphatic carbocycles. The van der Waals surface area contributed by atoms with Crippen molar-refractivity contribution in [2.45, 2.75) is 45.3 Å². The first-order valence-electron chi connectivity index (χ1n) is 6.85. The van der Waals surface area contributed by atoms with E-state index in [-0.39, 0.29) is 23.9 Å². The van der Waals surface area contributed by atoms with Gasteiger partial charge < -0.3 is 10.2 Å². The number of amides is 2. The molecule has 4 nitrogen and oxygen atoms in total. The highest BCUT2D eigenvalue weighted by atomic mass is 19.1. The Hall–Kier alpha value is -1.98. The van der Waals surface area contributed by atoms with Gasteiger partial charge in [0.2, 0.25) is 11.8 Å². The molecule has 2 atom stereocenters. The highest BCUT2D eigenvalue weighted by Gasteiger charge is 2.45. The summed E-state index contributed by atoms with van der Waals surface area (Å²) < 4.78 is 27.0. The van der Waals surface area contributed by atoms with E-state index < -0.39 is 23.2 Å². The summed E-state index contributed by atoms with van der Waals surface area (Å²) in [5.41, 5.74) is -0.948. The molecule has 0 saturated carbocycles. The van der Waals surface area contributed by atoms with Crippen molar-refractivity contribution in [2.24, 2.45) is 0 Å². The molecule has 0 bridgehead atoms. The van der Waals surface area contributed by atoms with Crippen molar-refractivity contribution in [2.75, 3.05) is 0 Å². The number of halogens is 2. The Morgan fingerprint density at radius 3 is 2.62 bits per heavy atom. The second kappa shape index (κ2) is 5.42. The van der Waals surface area contributed by atoms with Crippen LogP contribution in [0.2, 0.25) is 0 Å². The molecule has 1 aliphatic rings. The molecule has 0 spiro atoms. The van der Waals surface area contributed by atoms with Gasteiger partial charge in [0.15, 0.2) is 0 Å². The Kier molecular flexibility index (Phi) is 3.98. The van der Waals surface area contributed by atoms with Crippen LogP contribution >= 0.6 is 0 Å². The highest BCUT2D eigenvalue weighted by molar-refractivity contribution is 5.99. The van der Waals surface area contributed by atoms with Crippen LogP contribution < -0.4 is 5.32 Å². The maximum atomic E-state index is 13.7. The first-order chi connectivity index (χ1) is 9.78. The first kappa shape index (κ1) is 15.4. The molecule has 1 aromatic rings. The Balaban J connectivity index is 2.34. The van der Waals surface area contributed by atoms with Crippen molar-refractivity contribution < 1.29 is 18.4 Å². The molecule has 2 amide bonds. The average molecular weight is 296 g/mol. The molecule has 21 heavy (non-hydrogen) atoms. The molecule has 1 saturated heterocycles. The van der Waals surface area contributed by atoms with Crippen molar-refractivity contribution in [3.63, 3.8) is 0 Å². The number of hydrogen-bond acceptors (Lipinski definition) is 2. The van der Waals surface area contributed by atoms with Crippen molar-refractivity contribution in [1.82, 2.24) is 10.2 Å². The Bertz CT molecular complexity index is 591. The van der Waals surface area contributed by atoms with E-state index >= 15 is 0 Å². The van der Waals surface area contributed by atoms with Gasteiger partial charge in [0.05, 0.1) is 0 Å². The summed E-state index contributed by atoms with van der Waals surface area (Å²) in [6, 6.07) is 2.36. The summed E-state index contributed by atoms with van der Waals surface area (Å²) in [5, 5.41) is 2.69. The minimum absolute atomic E-state index is 0.0587. The lowest BCUT2D eigenvalue weighted by Gasteiger charge is -2.43. The van der Waals surface area contributed by atoms with Gasteiger partial charge in [-0.05, 0) is 38.5 Å². The minimum atomic E-state index is -1.01. The summed E-state index contributed by atoms with van der Waals surface area (Å²) >= 11 is 0. The van der Waals surface area contributed by atoms with E-state index in [1.165, 1.54) is 4.90 Å². The van der Waals surface area contributed by atoms with Crippen molar-refractivity contribution in [3.8, 4) is 0 Å². The first-order valence-corrected chi connectivity index (χ1v) is 6.85. The van der Waals surface area contributed by atoms with Crippen LogP contribution in [0.25, 0.3) is 0 Å². The number of nitrogens with one attached hydrogen (secondary N) is 1. The van der Waals surface area contributed by atoms with E-state index in [1.54, 1.807) is 20.8 Å². The van der Waals surface area contributed by atoms with E-state index in [1.807, 2.05) is 0 Å². The summed E-state index contributed by atoms with van der Waals surface area (Å²) in [7, 11) is 0. The molecule has 1 N–H and O–H groups in total. The Morgan fingerprint density at radius 1 is 1.33 bits per heavy atom. The zero-order chi connectivity index (χ0) is 15.8. The van der Waals surface area contributed by atoms with E-state index in [4.69, 9.17) is 0 Å². The summed E-state index contributed by atoms with van der Waals surface area (Å²) in [6.45, 7) is 4.86. The zero-order valence-electron chi connectivity index (χ0n) is 12.2. The molecule has 1 heterocycles. The summed E-state index contributed by atoms with van der Waals surface area (Å²) in [4.78, 5) is 25.8.